The van der Waals surface area contributed by atoms with Crippen molar-refractivity contribution in [3.8, 4) is 11.5 Å². The molecule has 1 fully saturated rings. The van der Waals surface area contributed by atoms with Gasteiger partial charge in [0.2, 0.25) is 0 Å². The van der Waals surface area contributed by atoms with E-state index in [9.17, 15) is 9.59 Å². The average Bonchev–Trinajstić information content (AvgIpc) is 2.88. The first kappa shape index (κ1) is 20.1. The number of carboxylic acid groups (broad SMARTS) is 1. The van der Waals surface area contributed by atoms with E-state index in [-0.39, 0.29) is 22.4 Å². The lowest BCUT2D eigenvalue weighted by Crippen LogP contribution is -2.28. The van der Waals surface area contributed by atoms with Gasteiger partial charge in [-0.05, 0) is 49.4 Å². The number of likely N-dealkylation sites (N-methyl/N-ethyl adjacent to an activating group) is 1. The van der Waals surface area contributed by atoms with E-state index in [4.69, 9.17) is 26.2 Å². The standard InChI is InChI=1S/C17H19ClN2O5S/c1-4-19-17-20(5-2)16(23)13(26-17)8-10-6-11(18)15(12(7-10)24-3)25-9-14(21)22/h6-8H,4-5,9H2,1-3H3,(H,21,22)/b13-8-,19-17?. The molecule has 1 saturated heterocycles. The maximum atomic E-state index is 12.5. The number of aliphatic imine (C=N–C) groups is 1. The molecular formula is C17H19ClN2O5S. The highest BCUT2D eigenvalue weighted by molar-refractivity contribution is 8.18. The summed E-state index contributed by atoms with van der Waals surface area (Å²) < 4.78 is 10.4. The van der Waals surface area contributed by atoms with Crippen molar-refractivity contribution in [2.75, 3.05) is 26.8 Å². The molecule has 1 aromatic rings. The summed E-state index contributed by atoms with van der Waals surface area (Å²) >= 11 is 7.50. The third-order valence-electron chi connectivity index (χ3n) is 3.39. The van der Waals surface area contributed by atoms with Gasteiger partial charge in [0.25, 0.3) is 5.91 Å². The third-order valence-corrected chi connectivity index (χ3v) is 4.71. The van der Waals surface area contributed by atoms with Gasteiger partial charge in [0.1, 0.15) is 0 Å². The van der Waals surface area contributed by atoms with Gasteiger partial charge in [-0.1, -0.05) is 11.6 Å². The molecule has 1 aromatic carbocycles. The predicted molar refractivity (Wildman–Crippen MR) is 102 cm³/mol. The van der Waals surface area contributed by atoms with Crippen LogP contribution in [0, 0.1) is 0 Å². The molecule has 140 valence electrons. The monoisotopic (exact) mass is 398 g/mol. The van der Waals surface area contributed by atoms with Crippen molar-refractivity contribution in [1.29, 1.82) is 0 Å². The predicted octanol–water partition coefficient (Wildman–Crippen LogP) is 3.12. The molecule has 0 saturated carbocycles. The number of methoxy groups -OCH3 is 1. The lowest BCUT2D eigenvalue weighted by atomic mass is 10.1. The van der Waals surface area contributed by atoms with Gasteiger partial charge in [-0.3, -0.25) is 14.7 Å². The minimum absolute atomic E-state index is 0.119. The number of hydrogen-bond acceptors (Lipinski definition) is 6. The summed E-state index contributed by atoms with van der Waals surface area (Å²) in [6.45, 7) is 4.39. The van der Waals surface area contributed by atoms with Crippen LogP contribution in [0.1, 0.15) is 19.4 Å². The fourth-order valence-electron chi connectivity index (χ4n) is 2.29. The molecule has 9 heteroatoms. The molecule has 1 amide bonds. The number of amidine groups is 1. The first-order valence-corrected chi connectivity index (χ1v) is 9.08. The van der Waals surface area contributed by atoms with Gasteiger partial charge in [-0.2, -0.15) is 0 Å². The number of rotatable bonds is 7. The molecule has 2 rings (SSSR count). The maximum absolute atomic E-state index is 12.5. The zero-order valence-electron chi connectivity index (χ0n) is 14.6. The molecule has 0 aliphatic carbocycles. The Balaban J connectivity index is 2.36. The minimum Gasteiger partial charge on any atom is -0.493 e. The van der Waals surface area contributed by atoms with Crippen molar-refractivity contribution in [3.05, 3.63) is 27.6 Å². The first-order valence-electron chi connectivity index (χ1n) is 7.89. The number of ether oxygens (including phenoxy) is 2. The maximum Gasteiger partial charge on any atom is 0.341 e. The van der Waals surface area contributed by atoms with Crippen molar-refractivity contribution >= 4 is 46.5 Å². The van der Waals surface area contributed by atoms with Crippen LogP contribution in [0.3, 0.4) is 0 Å². The van der Waals surface area contributed by atoms with Gasteiger partial charge in [0, 0.05) is 13.1 Å². The Labute approximate surface area is 160 Å². The van der Waals surface area contributed by atoms with Crippen LogP contribution in [0.15, 0.2) is 22.0 Å². The number of aliphatic carboxylic acids is 1. The Morgan fingerprint density at radius 1 is 1.42 bits per heavy atom. The minimum atomic E-state index is -1.12. The van der Waals surface area contributed by atoms with Crippen molar-refractivity contribution < 1.29 is 24.2 Å². The molecule has 0 bridgehead atoms. The Morgan fingerprint density at radius 2 is 2.15 bits per heavy atom. The van der Waals surface area contributed by atoms with Gasteiger partial charge in [0.15, 0.2) is 23.3 Å². The molecule has 0 spiro atoms. The van der Waals surface area contributed by atoms with Crippen molar-refractivity contribution in [1.82, 2.24) is 4.90 Å². The molecule has 26 heavy (non-hydrogen) atoms. The van der Waals surface area contributed by atoms with Crippen LogP contribution >= 0.6 is 23.4 Å². The highest BCUT2D eigenvalue weighted by Crippen LogP contribution is 2.39. The fraction of sp³-hybridized carbons (Fsp3) is 0.353. The van der Waals surface area contributed by atoms with Crippen LogP contribution in [0.2, 0.25) is 5.02 Å². The van der Waals surface area contributed by atoms with Gasteiger partial charge in [-0.15, -0.1) is 0 Å². The molecule has 1 N–H and O–H groups in total. The largest absolute Gasteiger partial charge is 0.493 e. The number of nitrogens with zero attached hydrogens (tertiary/aromatic N) is 2. The topological polar surface area (TPSA) is 88.4 Å². The fourth-order valence-corrected chi connectivity index (χ4v) is 3.67. The molecule has 1 heterocycles. The number of carbonyl (C=O) groups is 2. The quantitative estimate of drug-likeness (QED) is 0.710. The summed E-state index contributed by atoms with van der Waals surface area (Å²) in [5.41, 5.74) is 0.638. The van der Waals surface area contributed by atoms with E-state index in [1.54, 1.807) is 23.1 Å². The zero-order chi connectivity index (χ0) is 19.3. The van der Waals surface area contributed by atoms with Gasteiger partial charge in [0.05, 0.1) is 17.0 Å². The molecule has 1 aliphatic heterocycles. The summed E-state index contributed by atoms with van der Waals surface area (Å²) in [4.78, 5) is 29.7. The molecule has 0 aromatic heterocycles. The average molecular weight is 399 g/mol. The van der Waals surface area contributed by atoms with Crippen LogP contribution in [0.4, 0.5) is 0 Å². The van der Waals surface area contributed by atoms with E-state index in [1.165, 1.54) is 18.9 Å². The SMILES string of the molecule is CCN=C1S/C(=C\c2cc(Cl)c(OCC(=O)O)c(OC)c2)C(=O)N1CC. The summed E-state index contributed by atoms with van der Waals surface area (Å²) in [5.74, 6) is -0.806. The van der Waals surface area contributed by atoms with Gasteiger partial charge in [-0.25, -0.2) is 4.79 Å². The Morgan fingerprint density at radius 3 is 2.73 bits per heavy atom. The van der Waals surface area contributed by atoms with Crippen molar-refractivity contribution in [2.45, 2.75) is 13.8 Å². The lowest BCUT2D eigenvalue weighted by Gasteiger charge is -2.12. The van der Waals surface area contributed by atoms with Crippen LogP contribution < -0.4 is 9.47 Å². The Kier molecular flexibility index (Phi) is 6.93. The lowest BCUT2D eigenvalue weighted by molar-refractivity contribution is -0.139. The molecule has 0 radical (unpaired) electrons. The summed E-state index contributed by atoms with van der Waals surface area (Å²) in [7, 11) is 1.43. The first-order chi connectivity index (χ1) is 12.4. The molecule has 7 nitrogen and oxygen atoms in total. The van der Waals surface area contributed by atoms with E-state index in [0.717, 1.165) is 0 Å². The van der Waals surface area contributed by atoms with Crippen LogP contribution in [-0.2, 0) is 9.59 Å². The highest BCUT2D eigenvalue weighted by atomic mass is 35.5. The van der Waals surface area contributed by atoms with E-state index in [0.29, 0.717) is 28.7 Å². The second kappa shape index (κ2) is 8.95. The number of halogens is 1. The zero-order valence-corrected chi connectivity index (χ0v) is 16.2. The van der Waals surface area contributed by atoms with Crippen LogP contribution in [-0.4, -0.2) is 53.9 Å². The van der Waals surface area contributed by atoms with Crippen molar-refractivity contribution in [2.24, 2.45) is 4.99 Å². The van der Waals surface area contributed by atoms with Gasteiger partial charge < -0.3 is 14.6 Å². The van der Waals surface area contributed by atoms with E-state index in [2.05, 4.69) is 4.99 Å². The number of carbonyl (C=O) groups excluding carboxylic acids is 1. The summed E-state index contributed by atoms with van der Waals surface area (Å²) in [5, 5.41) is 9.61. The summed E-state index contributed by atoms with van der Waals surface area (Å²) in [6, 6.07) is 3.22. The third kappa shape index (κ3) is 4.50. The van der Waals surface area contributed by atoms with Crippen LogP contribution in [0.25, 0.3) is 6.08 Å². The number of benzene rings is 1. The smallest absolute Gasteiger partial charge is 0.341 e. The summed E-state index contributed by atoms with van der Waals surface area (Å²) in [6.07, 6.45) is 1.70. The highest BCUT2D eigenvalue weighted by Gasteiger charge is 2.31. The molecule has 1 aliphatic rings. The Bertz CT molecular complexity index is 779. The van der Waals surface area contributed by atoms with Crippen molar-refractivity contribution in [3.63, 3.8) is 0 Å². The second-order valence-corrected chi connectivity index (χ2v) is 6.55. The van der Waals surface area contributed by atoms with E-state index < -0.39 is 12.6 Å². The number of amides is 1. The Hall–Kier alpha value is -2.19. The molecule has 0 atom stereocenters. The normalized spacial score (nSPS) is 17.2. The number of thioether (sulfide) groups is 1. The van der Waals surface area contributed by atoms with E-state index >= 15 is 0 Å². The van der Waals surface area contributed by atoms with E-state index in [1.807, 2.05) is 13.8 Å². The van der Waals surface area contributed by atoms with Crippen LogP contribution in [0.5, 0.6) is 11.5 Å². The number of hydrogen-bond donors (Lipinski definition) is 1. The molecule has 0 unspecified atom stereocenters. The molecular weight excluding hydrogens is 380 g/mol. The second-order valence-electron chi connectivity index (χ2n) is 5.13. The van der Waals surface area contributed by atoms with Gasteiger partial charge >= 0.3 is 5.97 Å². The number of carboxylic acids is 1.